The number of carbonyl (C=O) groups is 1. The summed E-state index contributed by atoms with van der Waals surface area (Å²) in [5.74, 6) is -0.131. The van der Waals surface area contributed by atoms with Gasteiger partial charge in [-0.05, 0) is 18.6 Å². The van der Waals surface area contributed by atoms with Crippen molar-refractivity contribution in [1.29, 1.82) is 0 Å². The molecule has 0 aliphatic heterocycles. The van der Waals surface area contributed by atoms with Crippen LogP contribution >= 0.6 is 11.6 Å². The lowest BCUT2D eigenvalue weighted by molar-refractivity contribution is -0.136. The number of imidazole rings is 2. The van der Waals surface area contributed by atoms with Crippen LogP contribution < -0.4 is 0 Å². The topological polar surface area (TPSA) is 70.4 Å². The first-order valence-corrected chi connectivity index (χ1v) is 5.89. The van der Waals surface area contributed by atoms with Crippen LogP contribution in [0.5, 0.6) is 0 Å². The van der Waals surface area contributed by atoms with Gasteiger partial charge in [0, 0.05) is 11.9 Å². The first-order valence-electron chi connectivity index (χ1n) is 5.51. The number of hydrogen-bond donors (Lipinski definition) is 2. The number of para-hydroxylation sites is 1. The van der Waals surface area contributed by atoms with Gasteiger partial charge >= 0.3 is 5.97 Å². The standard InChI is InChI=1S/C12H10ClN3O2/c13-8-2-1-3-9-11(8)15-12-14-7(6-16(9)12)4-5-10(17)18/h1-3,6H,4-5H2,(H,14,15)(H,17,18). The lowest BCUT2D eigenvalue weighted by Crippen LogP contribution is -1.97. The van der Waals surface area contributed by atoms with Gasteiger partial charge < -0.3 is 10.1 Å². The molecule has 2 aromatic heterocycles. The van der Waals surface area contributed by atoms with Gasteiger partial charge in [0.05, 0.1) is 17.0 Å². The smallest absolute Gasteiger partial charge is 0.303 e. The zero-order valence-electron chi connectivity index (χ0n) is 9.35. The Bertz CT molecular complexity index is 744. The Kier molecular flexibility index (Phi) is 2.48. The van der Waals surface area contributed by atoms with Gasteiger partial charge in [0.2, 0.25) is 5.78 Å². The molecule has 3 rings (SSSR count). The number of fused-ring (bicyclic) bond motifs is 3. The lowest BCUT2D eigenvalue weighted by Gasteiger charge is -1.93. The second-order valence-corrected chi connectivity index (χ2v) is 4.49. The molecule has 0 saturated heterocycles. The molecule has 3 aromatic rings. The van der Waals surface area contributed by atoms with E-state index in [0.29, 0.717) is 17.2 Å². The van der Waals surface area contributed by atoms with E-state index in [1.807, 2.05) is 22.7 Å². The summed E-state index contributed by atoms with van der Waals surface area (Å²) < 4.78 is 1.89. The lowest BCUT2D eigenvalue weighted by atomic mass is 10.2. The number of aromatic amines is 1. The fraction of sp³-hybridized carbons (Fsp3) is 0.167. The summed E-state index contributed by atoms with van der Waals surface area (Å²) in [6.45, 7) is 0. The van der Waals surface area contributed by atoms with Crippen molar-refractivity contribution in [1.82, 2.24) is 14.4 Å². The summed E-state index contributed by atoms with van der Waals surface area (Å²) in [6, 6.07) is 5.58. The van der Waals surface area contributed by atoms with Crippen molar-refractivity contribution in [2.24, 2.45) is 0 Å². The summed E-state index contributed by atoms with van der Waals surface area (Å²) in [5, 5.41) is 9.26. The second kappa shape index (κ2) is 4.03. The van der Waals surface area contributed by atoms with E-state index < -0.39 is 5.97 Å². The highest BCUT2D eigenvalue weighted by Gasteiger charge is 2.10. The number of H-pyrrole nitrogens is 1. The van der Waals surface area contributed by atoms with Crippen LogP contribution in [0.4, 0.5) is 0 Å². The van der Waals surface area contributed by atoms with Crippen LogP contribution in [-0.2, 0) is 11.2 Å². The van der Waals surface area contributed by atoms with Crippen LogP contribution in [0.15, 0.2) is 24.4 Å². The molecule has 92 valence electrons. The van der Waals surface area contributed by atoms with E-state index in [4.69, 9.17) is 16.7 Å². The Morgan fingerprint density at radius 1 is 1.50 bits per heavy atom. The molecule has 2 N–H and O–H groups in total. The van der Waals surface area contributed by atoms with Gasteiger partial charge in [0.1, 0.15) is 5.52 Å². The summed E-state index contributed by atoms with van der Waals surface area (Å²) in [7, 11) is 0. The molecule has 0 atom stereocenters. The number of carboxylic acids is 1. The Hall–Kier alpha value is -2.01. The molecule has 5 nitrogen and oxygen atoms in total. The fourth-order valence-corrected chi connectivity index (χ4v) is 2.21. The molecule has 2 heterocycles. The molecule has 0 unspecified atom stereocenters. The van der Waals surface area contributed by atoms with Crippen molar-refractivity contribution in [3.63, 3.8) is 0 Å². The number of aryl methyl sites for hydroxylation is 1. The number of rotatable bonds is 3. The number of halogens is 1. The van der Waals surface area contributed by atoms with E-state index in [-0.39, 0.29) is 6.42 Å². The summed E-state index contributed by atoms with van der Waals surface area (Å²) >= 11 is 6.06. The van der Waals surface area contributed by atoms with E-state index in [9.17, 15) is 4.79 Å². The van der Waals surface area contributed by atoms with Gasteiger partial charge in [-0.3, -0.25) is 9.20 Å². The average Bonchev–Trinajstić information content (AvgIpc) is 2.85. The zero-order chi connectivity index (χ0) is 12.7. The maximum Gasteiger partial charge on any atom is 0.303 e. The van der Waals surface area contributed by atoms with Gasteiger partial charge in [0.25, 0.3) is 0 Å². The first-order chi connectivity index (χ1) is 8.65. The summed E-state index contributed by atoms with van der Waals surface area (Å²) in [4.78, 5) is 18.0. The molecule has 0 spiro atoms. The van der Waals surface area contributed by atoms with E-state index in [0.717, 1.165) is 16.7 Å². The van der Waals surface area contributed by atoms with E-state index in [2.05, 4.69) is 9.97 Å². The molecular formula is C12H10ClN3O2. The minimum Gasteiger partial charge on any atom is -0.481 e. The molecule has 0 bridgehead atoms. The third-order valence-electron chi connectivity index (χ3n) is 2.84. The normalized spacial score (nSPS) is 11.4. The maximum atomic E-state index is 10.5. The predicted molar refractivity (Wildman–Crippen MR) is 68.0 cm³/mol. The van der Waals surface area contributed by atoms with Crippen LogP contribution in [-0.4, -0.2) is 25.4 Å². The average molecular weight is 264 g/mol. The third kappa shape index (κ3) is 1.73. The predicted octanol–water partition coefficient (Wildman–Crippen LogP) is 2.49. The quantitative estimate of drug-likeness (QED) is 0.763. The Morgan fingerprint density at radius 3 is 3.11 bits per heavy atom. The Morgan fingerprint density at radius 2 is 2.33 bits per heavy atom. The molecule has 0 saturated carbocycles. The van der Waals surface area contributed by atoms with Gasteiger partial charge in [-0.25, -0.2) is 4.98 Å². The van der Waals surface area contributed by atoms with Gasteiger partial charge in [-0.1, -0.05) is 17.7 Å². The van der Waals surface area contributed by atoms with Gasteiger partial charge in [0.15, 0.2) is 0 Å². The zero-order valence-corrected chi connectivity index (χ0v) is 10.1. The number of benzene rings is 1. The molecule has 0 amide bonds. The first kappa shape index (κ1) is 11.1. The Labute approximate surface area is 107 Å². The number of hydrogen-bond acceptors (Lipinski definition) is 2. The fourth-order valence-electron chi connectivity index (χ4n) is 2.00. The van der Waals surface area contributed by atoms with Crippen LogP contribution in [0, 0.1) is 0 Å². The minimum atomic E-state index is -0.810. The molecule has 0 fully saturated rings. The van der Waals surface area contributed by atoms with Crippen LogP contribution in [0.2, 0.25) is 5.02 Å². The second-order valence-electron chi connectivity index (χ2n) is 4.09. The summed E-state index contributed by atoms with van der Waals surface area (Å²) in [6.07, 6.45) is 2.42. The summed E-state index contributed by atoms with van der Waals surface area (Å²) in [5.41, 5.74) is 2.51. The van der Waals surface area contributed by atoms with E-state index in [1.165, 1.54) is 0 Å². The largest absolute Gasteiger partial charge is 0.481 e. The monoisotopic (exact) mass is 263 g/mol. The highest BCUT2D eigenvalue weighted by Crippen LogP contribution is 2.24. The number of carboxylic acid groups (broad SMARTS) is 1. The minimum absolute atomic E-state index is 0.0996. The van der Waals surface area contributed by atoms with Crippen molar-refractivity contribution in [3.05, 3.63) is 35.1 Å². The highest BCUT2D eigenvalue weighted by atomic mass is 35.5. The molecule has 6 heteroatoms. The van der Waals surface area contributed by atoms with Gasteiger partial charge in [-0.15, -0.1) is 0 Å². The van der Waals surface area contributed by atoms with Crippen LogP contribution in [0.3, 0.4) is 0 Å². The van der Waals surface area contributed by atoms with Crippen LogP contribution in [0.25, 0.3) is 16.8 Å². The molecular weight excluding hydrogens is 254 g/mol. The molecule has 0 aliphatic rings. The number of nitrogens with zero attached hydrogens (tertiary/aromatic N) is 2. The van der Waals surface area contributed by atoms with Crippen molar-refractivity contribution >= 4 is 34.4 Å². The van der Waals surface area contributed by atoms with Crippen molar-refractivity contribution < 1.29 is 9.90 Å². The third-order valence-corrected chi connectivity index (χ3v) is 3.14. The van der Waals surface area contributed by atoms with E-state index in [1.54, 1.807) is 6.07 Å². The van der Waals surface area contributed by atoms with Crippen molar-refractivity contribution in [3.8, 4) is 0 Å². The highest BCUT2D eigenvalue weighted by molar-refractivity contribution is 6.35. The molecule has 18 heavy (non-hydrogen) atoms. The van der Waals surface area contributed by atoms with Crippen molar-refractivity contribution in [2.75, 3.05) is 0 Å². The van der Waals surface area contributed by atoms with E-state index >= 15 is 0 Å². The number of aromatic nitrogens is 3. The maximum absolute atomic E-state index is 10.5. The Balaban J connectivity index is 2.08. The molecule has 1 aromatic carbocycles. The van der Waals surface area contributed by atoms with Crippen molar-refractivity contribution in [2.45, 2.75) is 12.8 Å². The number of aliphatic carboxylic acids is 1. The SMILES string of the molecule is O=C(O)CCc1cn2c(nc3c(Cl)cccc32)[nH]1. The number of nitrogens with one attached hydrogen (secondary N) is 1. The van der Waals surface area contributed by atoms with Crippen LogP contribution in [0.1, 0.15) is 12.1 Å². The molecule has 0 radical (unpaired) electrons. The molecule has 0 aliphatic carbocycles. The van der Waals surface area contributed by atoms with Gasteiger partial charge in [-0.2, -0.15) is 0 Å².